The Balaban J connectivity index is 1.65. The van der Waals surface area contributed by atoms with Crippen molar-refractivity contribution in [2.45, 2.75) is 25.4 Å². The molecule has 110 valence electrons. The topological polar surface area (TPSA) is 66.3 Å². The standard InChI is InChI=1S/C13H22N6O/c1-17-12(15-10-16-17)9-19-6-2-3-11(19)13(20)18-7-4-14-5-8-18/h10-11,14H,2-9H2,1H3. The second-order valence-electron chi connectivity index (χ2n) is 5.50. The minimum absolute atomic E-state index is 0.0183. The van der Waals surface area contributed by atoms with Crippen molar-refractivity contribution in [3.8, 4) is 0 Å². The van der Waals surface area contributed by atoms with E-state index in [4.69, 9.17) is 0 Å². The molecular formula is C13H22N6O. The Labute approximate surface area is 118 Å². The number of hydrogen-bond acceptors (Lipinski definition) is 5. The molecule has 2 aliphatic heterocycles. The minimum Gasteiger partial charge on any atom is -0.339 e. The third-order valence-electron chi connectivity index (χ3n) is 4.23. The molecule has 0 aliphatic carbocycles. The molecule has 7 heteroatoms. The molecule has 0 spiro atoms. The molecule has 1 atom stereocenters. The van der Waals surface area contributed by atoms with Crippen LogP contribution in [0.2, 0.25) is 0 Å². The van der Waals surface area contributed by atoms with Gasteiger partial charge in [-0.3, -0.25) is 14.4 Å². The summed E-state index contributed by atoms with van der Waals surface area (Å²) in [6.07, 6.45) is 3.61. The van der Waals surface area contributed by atoms with Gasteiger partial charge in [0.05, 0.1) is 12.6 Å². The highest BCUT2D eigenvalue weighted by Crippen LogP contribution is 2.21. The highest BCUT2D eigenvalue weighted by atomic mass is 16.2. The van der Waals surface area contributed by atoms with Crippen LogP contribution in [0.1, 0.15) is 18.7 Å². The maximum absolute atomic E-state index is 12.6. The first kappa shape index (κ1) is 13.5. The van der Waals surface area contributed by atoms with Crippen molar-refractivity contribution in [1.29, 1.82) is 0 Å². The van der Waals surface area contributed by atoms with E-state index in [0.29, 0.717) is 6.54 Å². The predicted octanol–water partition coefficient (Wildman–Crippen LogP) is -0.789. The molecule has 0 radical (unpaired) electrons. The van der Waals surface area contributed by atoms with Crippen LogP contribution in [0.15, 0.2) is 6.33 Å². The maximum Gasteiger partial charge on any atom is 0.240 e. The first-order valence-electron chi connectivity index (χ1n) is 7.32. The molecule has 1 unspecified atom stereocenters. The summed E-state index contributed by atoms with van der Waals surface area (Å²) in [6, 6.07) is 0.0183. The van der Waals surface area contributed by atoms with Gasteiger partial charge in [-0.25, -0.2) is 4.98 Å². The molecule has 0 aromatic carbocycles. The lowest BCUT2D eigenvalue weighted by molar-refractivity contribution is -0.136. The summed E-state index contributed by atoms with van der Waals surface area (Å²) in [4.78, 5) is 21.1. The van der Waals surface area contributed by atoms with Gasteiger partial charge in [-0.05, 0) is 19.4 Å². The van der Waals surface area contributed by atoms with E-state index in [0.717, 1.165) is 51.4 Å². The molecule has 2 fully saturated rings. The van der Waals surface area contributed by atoms with Crippen molar-refractivity contribution in [3.05, 3.63) is 12.2 Å². The molecule has 0 saturated carbocycles. The summed E-state index contributed by atoms with van der Waals surface area (Å²) in [5.41, 5.74) is 0. The fraction of sp³-hybridized carbons (Fsp3) is 0.769. The Kier molecular flexibility index (Phi) is 3.98. The van der Waals surface area contributed by atoms with E-state index in [1.54, 1.807) is 11.0 Å². The zero-order chi connectivity index (χ0) is 13.9. The highest BCUT2D eigenvalue weighted by molar-refractivity contribution is 5.82. The monoisotopic (exact) mass is 278 g/mol. The van der Waals surface area contributed by atoms with Crippen molar-refractivity contribution in [1.82, 2.24) is 29.9 Å². The lowest BCUT2D eigenvalue weighted by Crippen LogP contribution is -2.52. The van der Waals surface area contributed by atoms with Crippen LogP contribution in [-0.4, -0.2) is 69.2 Å². The number of piperazine rings is 1. The van der Waals surface area contributed by atoms with Gasteiger partial charge in [0.1, 0.15) is 12.2 Å². The van der Waals surface area contributed by atoms with Crippen LogP contribution in [0.4, 0.5) is 0 Å². The van der Waals surface area contributed by atoms with E-state index < -0.39 is 0 Å². The number of hydrogen-bond donors (Lipinski definition) is 1. The predicted molar refractivity (Wildman–Crippen MR) is 73.9 cm³/mol. The lowest BCUT2D eigenvalue weighted by atomic mass is 10.1. The summed E-state index contributed by atoms with van der Waals surface area (Å²) >= 11 is 0. The van der Waals surface area contributed by atoms with Gasteiger partial charge in [-0.1, -0.05) is 0 Å². The second kappa shape index (κ2) is 5.88. The molecule has 1 aromatic heterocycles. The molecule has 2 saturated heterocycles. The van der Waals surface area contributed by atoms with Crippen LogP contribution < -0.4 is 5.32 Å². The Hall–Kier alpha value is -1.47. The number of carbonyl (C=O) groups is 1. The Morgan fingerprint density at radius 2 is 2.20 bits per heavy atom. The Morgan fingerprint density at radius 3 is 2.90 bits per heavy atom. The van der Waals surface area contributed by atoms with Crippen LogP contribution in [0, 0.1) is 0 Å². The molecule has 3 heterocycles. The van der Waals surface area contributed by atoms with Gasteiger partial charge in [-0.15, -0.1) is 0 Å². The third-order valence-corrected chi connectivity index (χ3v) is 4.23. The van der Waals surface area contributed by atoms with Crippen LogP contribution >= 0.6 is 0 Å². The zero-order valence-electron chi connectivity index (χ0n) is 12.0. The number of nitrogens with one attached hydrogen (secondary N) is 1. The smallest absolute Gasteiger partial charge is 0.240 e. The number of rotatable bonds is 3. The van der Waals surface area contributed by atoms with Crippen molar-refractivity contribution >= 4 is 5.91 Å². The first-order chi connectivity index (χ1) is 9.75. The summed E-state index contributed by atoms with van der Waals surface area (Å²) in [6.45, 7) is 5.14. The Morgan fingerprint density at radius 1 is 1.40 bits per heavy atom. The average molecular weight is 278 g/mol. The fourth-order valence-electron chi connectivity index (χ4n) is 3.04. The number of likely N-dealkylation sites (tertiary alicyclic amines) is 1. The van der Waals surface area contributed by atoms with Crippen LogP contribution in [0.3, 0.4) is 0 Å². The minimum atomic E-state index is 0.0183. The zero-order valence-corrected chi connectivity index (χ0v) is 12.0. The quantitative estimate of drug-likeness (QED) is 0.785. The molecular weight excluding hydrogens is 256 g/mol. The van der Waals surface area contributed by atoms with E-state index >= 15 is 0 Å². The average Bonchev–Trinajstić information content (AvgIpc) is 3.09. The summed E-state index contributed by atoms with van der Waals surface area (Å²) in [5.74, 6) is 1.20. The molecule has 20 heavy (non-hydrogen) atoms. The molecule has 2 aliphatic rings. The number of nitrogens with zero attached hydrogens (tertiary/aromatic N) is 5. The fourth-order valence-corrected chi connectivity index (χ4v) is 3.04. The van der Waals surface area contributed by atoms with E-state index in [9.17, 15) is 4.79 Å². The van der Waals surface area contributed by atoms with Gasteiger partial charge < -0.3 is 10.2 Å². The van der Waals surface area contributed by atoms with Crippen LogP contribution in [0.5, 0.6) is 0 Å². The molecule has 1 amide bonds. The highest BCUT2D eigenvalue weighted by Gasteiger charge is 2.34. The number of aromatic nitrogens is 3. The Bertz CT molecular complexity index is 467. The largest absolute Gasteiger partial charge is 0.339 e. The van der Waals surface area contributed by atoms with Gasteiger partial charge in [0.25, 0.3) is 0 Å². The maximum atomic E-state index is 12.6. The summed E-state index contributed by atoms with van der Waals surface area (Å²) in [7, 11) is 1.89. The van der Waals surface area contributed by atoms with Crippen LogP contribution in [-0.2, 0) is 18.4 Å². The van der Waals surface area contributed by atoms with Gasteiger partial charge in [0.15, 0.2) is 0 Å². The lowest BCUT2D eigenvalue weighted by Gasteiger charge is -2.32. The summed E-state index contributed by atoms with van der Waals surface area (Å²) in [5, 5.41) is 7.38. The normalized spacial score (nSPS) is 24.2. The number of amides is 1. The molecule has 0 bridgehead atoms. The van der Waals surface area contributed by atoms with Crippen molar-refractivity contribution < 1.29 is 4.79 Å². The van der Waals surface area contributed by atoms with Crippen molar-refractivity contribution in [2.75, 3.05) is 32.7 Å². The number of aryl methyl sites for hydroxylation is 1. The van der Waals surface area contributed by atoms with Gasteiger partial charge in [0.2, 0.25) is 5.91 Å². The van der Waals surface area contributed by atoms with E-state index in [2.05, 4.69) is 20.3 Å². The SMILES string of the molecule is Cn1ncnc1CN1CCCC1C(=O)N1CCNCC1. The van der Waals surface area contributed by atoms with Crippen molar-refractivity contribution in [2.24, 2.45) is 7.05 Å². The molecule has 7 nitrogen and oxygen atoms in total. The number of carbonyl (C=O) groups excluding carboxylic acids is 1. The third kappa shape index (κ3) is 2.69. The molecule has 1 N–H and O–H groups in total. The summed E-state index contributed by atoms with van der Waals surface area (Å²) < 4.78 is 1.78. The van der Waals surface area contributed by atoms with E-state index in [1.165, 1.54) is 0 Å². The molecule has 3 rings (SSSR count). The van der Waals surface area contributed by atoms with Crippen LogP contribution in [0.25, 0.3) is 0 Å². The van der Waals surface area contributed by atoms with Gasteiger partial charge in [0, 0.05) is 33.2 Å². The van der Waals surface area contributed by atoms with Gasteiger partial charge >= 0.3 is 0 Å². The molecule has 1 aromatic rings. The second-order valence-corrected chi connectivity index (χ2v) is 5.50. The first-order valence-corrected chi connectivity index (χ1v) is 7.32. The van der Waals surface area contributed by atoms with E-state index in [1.807, 2.05) is 11.9 Å². The van der Waals surface area contributed by atoms with Crippen molar-refractivity contribution in [3.63, 3.8) is 0 Å². The van der Waals surface area contributed by atoms with Gasteiger partial charge in [-0.2, -0.15) is 5.10 Å². The van der Waals surface area contributed by atoms with E-state index in [-0.39, 0.29) is 11.9 Å².